The normalized spacial score (nSPS) is 20.3. The second kappa shape index (κ2) is 5.56. The third-order valence-electron chi connectivity index (χ3n) is 3.23. The van der Waals surface area contributed by atoms with E-state index >= 15 is 0 Å². The van der Waals surface area contributed by atoms with Crippen molar-refractivity contribution in [3.05, 3.63) is 0 Å². The maximum atomic E-state index is 12.3. The zero-order valence-electron chi connectivity index (χ0n) is 11.8. The summed E-state index contributed by atoms with van der Waals surface area (Å²) in [5, 5.41) is 0. The highest BCUT2D eigenvalue weighted by Crippen LogP contribution is 2.23. The summed E-state index contributed by atoms with van der Waals surface area (Å²) in [6.07, 6.45) is -7.47. The van der Waals surface area contributed by atoms with Crippen LogP contribution in [0.4, 0.5) is 18.0 Å². The van der Waals surface area contributed by atoms with E-state index < -0.39 is 18.4 Å². The van der Waals surface area contributed by atoms with Gasteiger partial charge in [-0.3, -0.25) is 4.90 Å². The second-order valence-corrected chi connectivity index (χ2v) is 5.71. The van der Waals surface area contributed by atoms with Gasteiger partial charge < -0.3 is 9.64 Å². The number of halogens is 3. The number of alkyl halides is 3. The Hall–Kier alpha value is -0.980. The van der Waals surface area contributed by atoms with E-state index in [1.807, 2.05) is 0 Å². The molecule has 0 radical (unpaired) electrons. The molecule has 1 rings (SSSR count). The van der Waals surface area contributed by atoms with E-state index in [0.717, 1.165) is 6.92 Å². The Balaban J connectivity index is 2.46. The molecular weight excluding hydrogens is 261 g/mol. The summed E-state index contributed by atoms with van der Waals surface area (Å²) >= 11 is 0. The van der Waals surface area contributed by atoms with E-state index in [-0.39, 0.29) is 5.54 Å². The number of rotatable bonds is 1. The van der Waals surface area contributed by atoms with E-state index in [2.05, 4.69) is 30.4 Å². The highest BCUT2D eigenvalue weighted by Gasteiger charge is 2.40. The first-order valence-electron chi connectivity index (χ1n) is 6.29. The molecule has 1 aliphatic rings. The van der Waals surface area contributed by atoms with Crippen molar-refractivity contribution in [3.63, 3.8) is 0 Å². The maximum Gasteiger partial charge on any atom is 0.425 e. The fourth-order valence-electron chi connectivity index (χ4n) is 1.85. The minimum absolute atomic E-state index is 0.00471. The van der Waals surface area contributed by atoms with Gasteiger partial charge in [0, 0.05) is 31.7 Å². The molecule has 1 saturated heterocycles. The third-order valence-corrected chi connectivity index (χ3v) is 3.23. The van der Waals surface area contributed by atoms with Crippen molar-refractivity contribution in [1.29, 1.82) is 0 Å². The van der Waals surface area contributed by atoms with Gasteiger partial charge in [0.25, 0.3) is 0 Å². The average molecular weight is 282 g/mol. The SMILES string of the molecule is CC(OC(=O)N1CCN(C(C)(C)C)CC1)C(F)(F)F. The van der Waals surface area contributed by atoms with Crippen LogP contribution in [0.15, 0.2) is 0 Å². The number of nitrogens with zero attached hydrogens (tertiary/aromatic N) is 2. The van der Waals surface area contributed by atoms with Crippen LogP contribution in [0, 0.1) is 0 Å². The van der Waals surface area contributed by atoms with Crippen LogP contribution in [0.5, 0.6) is 0 Å². The molecule has 0 aromatic carbocycles. The Morgan fingerprint density at radius 1 is 1.11 bits per heavy atom. The van der Waals surface area contributed by atoms with Gasteiger partial charge in [0.2, 0.25) is 0 Å². The average Bonchev–Trinajstić information content (AvgIpc) is 2.26. The molecule has 0 N–H and O–H groups in total. The van der Waals surface area contributed by atoms with Crippen molar-refractivity contribution in [2.75, 3.05) is 26.2 Å². The predicted octanol–water partition coefficient (Wildman–Crippen LogP) is 2.49. The first kappa shape index (κ1) is 16.1. The van der Waals surface area contributed by atoms with Crippen molar-refractivity contribution >= 4 is 6.09 Å². The topological polar surface area (TPSA) is 32.8 Å². The summed E-state index contributed by atoms with van der Waals surface area (Å²) < 4.78 is 41.3. The Morgan fingerprint density at radius 2 is 1.58 bits per heavy atom. The summed E-state index contributed by atoms with van der Waals surface area (Å²) in [7, 11) is 0. The Bertz CT molecular complexity index is 318. The first-order chi connectivity index (χ1) is 8.51. The van der Waals surface area contributed by atoms with E-state index in [9.17, 15) is 18.0 Å². The minimum Gasteiger partial charge on any atom is -0.437 e. The van der Waals surface area contributed by atoms with E-state index in [4.69, 9.17) is 0 Å². The van der Waals surface area contributed by atoms with Gasteiger partial charge >= 0.3 is 12.3 Å². The quantitative estimate of drug-likeness (QED) is 0.741. The van der Waals surface area contributed by atoms with Crippen LogP contribution in [0.3, 0.4) is 0 Å². The molecule has 1 aliphatic heterocycles. The summed E-state index contributed by atoms with van der Waals surface area (Å²) in [5.74, 6) is 0. The van der Waals surface area contributed by atoms with Crippen LogP contribution in [0.1, 0.15) is 27.7 Å². The molecular formula is C12H21F3N2O2. The van der Waals surface area contributed by atoms with Crippen LogP contribution < -0.4 is 0 Å². The van der Waals surface area contributed by atoms with Gasteiger partial charge in [-0.15, -0.1) is 0 Å². The molecule has 0 saturated carbocycles. The van der Waals surface area contributed by atoms with Gasteiger partial charge in [-0.1, -0.05) is 0 Å². The van der Waals surface area contributed by atoms with Crippen molar-refractivity contribution in [2.45, 2.75) is 45.5 Å². The Labute approximate surface area is 111 Å². The molecule has 1 amide bonds. The molecule has 112 valence electrons. The molecule has 1 unspecified atom stereocenters. The van der Waals surface area contributed by atoms with Gasteiger partial charge in [-0.25, -0.2) is 4.79 Å². The molecule has 0 aromatic heterocycles. The molecule has 0 bridgehead atoms. The highest BCUT2D eigenvalue weighted by molar-refractivity contribution is 5.68. The van der Waals surface area contributed by atoms with Crippen LogP contribution in [-0.4, -0.2) is 59.9 Å². The molecule has 1 fully saturated rings. The fraction of sp³-hybridized carbons (Fsp3) is 0.917. The summed E-state index contributed by atoms with van der Waals surface area (Å²) in [6.45, 7) is 9.08. The number of carbonyl (C=O) groups is 1. The zero-order chi connectivity index (χ0) is 14.8. The van der Waals surface area contributed by atoms with Crippen molar-refractivity contribution in [2.24, 2.45) is 0 Å². The monoisotopic (exact) mass is 282 g/mol. The molecule has 0 aromatic rings. The Kier molecular flexibility index (Phi) is 4.71. The lowest BCUT2D eigenvalue weighted by Crippen LogP contribution is -2.55. The molecule has 0 aliphatic carbocycles. The number of hydrogen-bond acceptors (Lipinski definition) is 3. The number of carbonyl (C=O) groups excluding carboxylic acids is 1. The lowest BCUT2D eigenvalue weighted by Gasteiger charge is -2.42. The highest BCUT2D eigenvalue weighted by atomic mass is 19.4. The number of hydrogen-bond donors (Lipinski definition) is 0. The van der Waals surface area contributed by atoms with Gasteiger partial charge in [-0.05, 0) is 27.7 Å². The first-order valence-corrected chi connectivity index (χ1v) is 6.29. The summed E-state index contributed by atoms with van der Waals surface area (Å²) in [5.41, 5.74) is -0.00471. The van der Waals surface area contributed by atoms with Gasteiger partial charge in [0.15, 0.2) is 6.10 Å². The molecule has 19 heavy (non-hydrogen) atoms. The van der Waals surface area contributed by atoms with Gasteiger partial charge in [0.1, 0.15) is 0 Å². The van der Waals surface area contributed by atoms with Gasteiger partial charge in [-0.2, -0.15) is 13.2 Å². The number of piperazine rings is 1. The van der Waals surface area contributed by atoms with Crippen LogP contribution in [-0.2, 0) is 4.74 Å². The predicted molar refractivity (Wildman–Crippen MR) is 64.9 cm³/mol. The lowest BCUT2D eigenvalue weighted by atomic mass is 10.1. The van der Waals surface area contributed by atoms with E-state index in [0.29, 0.717) is 26.2 Å². The molecule has 1 atom stereocenters. The van der Waals surface area contributed by atoms with E-state index in [1.165, 1.54) is 4.90 Å². The standard InChI is InChI=1S/C12H21F3N2O2/c1-9(12(13,14)15)19-10(18)16-5-7-17(8-6-16)11(2,3)4/h9H,5-8H2,1-4H3. The largest absolute Gasteiger partial charge is 0.437 e. The lowest BCUT2D eigenvalue weighted by molar-refractivity contribution is -0.200. The van der Waals surface area contributed by atoms with Gasteiger partial charge in [0.05, 0.1) is 0 Å². The second-order valence-electron chi connectivity index (χ2n) is 5.71. The Morgan fingerprint density at radius 3 is 1.95 bits per heavy atom. The fourth-order valence-corrected chi connectivity index (χ4v) is 1.85. The van der Waals surface area contributed by atoms with Crippen molar-refractivity contribution < 1.29 is 22.7 Å². The molecule has 1 heterocycles. The molecule has 7 heteroatoms. The minimum atomic E-state index is -4.51. The maximum absolute atomic E-state index is 12.3. The summed E-state index contributed by atoms with van der Waals surface area (Å²) in [6, 6.07) is 0. The van der Waals surface area contributed by atoms with Crippen molar-refractivity contribution in [1.82, 2.24) is 9.80 Å². The van der Waals surface area contributed by atoms with Crippen LogP contribution >= 0.6 is 0 Å². The van der Waals surface area contributed by atoms with Crippen molar-refractivity contribution in [3.8, 4) is 0 Å². The zero-order valence-corrected chi connectivity index (χ0v) is 11.8. The van der Waals surface area contributed by atoms with Crippen LogP contribution in [0.2, 0.25) is 0 Å². The molecule has 4 nitrogen and oxygen atoms in total. The smallest absolute Gasteiger partial charge is 0.425 e. The molecule has 0 spiro atoms. The third kappa shape index (κ3) is 4.56. The number of amides is 1. The van der Waals surface area contributed by atoms with E-state index in [1.54, 1.807) is 0 Å². The van der Waals surface area contributed by atoms with Crippen LogP contribution in [0.25, 0.3) is 0 Å². The summed E-state index contributed by atoms with van der Waals surface area (Å²) in [4.78, 5) is 15.1. The number of ether oxygens (including phenoxy) is 1.